The van der Waals surface area contributed by atoms with Gasteiger partial charge in [0.2, 0.25) is 0 Å². The molecule has 0 unspecified atom stereocenters. The molecule has 144 valence electrons. The van der Waals surface area contributed by atoms with Crippen molar-refractivity contribution in [1.29, 1.82) is 0 Å². The van der Waals surface area contributed by atoms with Crippen LogP contribution < -0.4 is 4.74 Å². The maximum Gasteiger partial charge on any atom is 0.308 e. The number of carbonyl (C=O) groups excluding carboxylic acids is 2. The Kier molecular flexibility index (Phi) is 4.29. The van der Waals surface area contributed by atoms with Crippen LogP contribution in [-0.4, -0.2) is 11.8 Å². The standard InChI is InChI=1S/C27H18O3/c1-17(28)30-26-15-14-18-8-2-3-9-19(18)25(26)16-24-20-10-4-6-12-22(20)27(29)23-13-7-5-11-21(23)24/h2-16H,1H3. The number of carbonyl (C=O) groups is 2. The second-order valence-corrected chi connectivity index (χ2v) is 7.27. The zero-order valence-electron chi connectivity index (χ0n) is 16.4. The van der Waals surface area contributed by atoms with Gasteiger partial charge in [0.1, 0.15) is 5.75 Å². The number of hydrogen-bond donors (Lipinski definition) is 0. The van der Waals surface area contributed by atoms with Crippen LogP contribution in [0.25, 0.3) is 22.4 Å². The Labute approximate surface area is 174 Å². The fourth-order valence-corrected chi connectivity index (χ4v) is 4.09. The van der Waals surface area contributed by atoms with Crippen molar-refractivity contribution in [2.75, 3.05) is 0 Å². The third-order valence-corrected chi connectivity index (χ3v) is 5.40. The summed E-state index contributed by atoms with van der Waals surface area (Å²) in [7, 11) is 0. The van der Waals surface area contributed by atoms with Gasteiger partial charge in [-0.1, -0.05) is 78.9 Å². The quantitative estimate of drug-likeness (QED) is 0.278. The van der Waals surface area contributed by atoms with E-state index in [0.717, 1.165) is 33.0 Å². The van der Waals surface area contributed by atoms with Crippen LogP contribution in [0.3, 0.4) is 0 Å². The molecule has 3 heteroatoms. The Morgan fingerprint density at radius 1 is 0.733 bits per heavy atom. The number of ketones is 1. The predicted octanol–water partition coefficient (Wildman–Crippen LogP) is 5.90. The maximum absolute atomic E-state index is 13.0. The van der Waals surface area contributed by atoms with Gasteiger partial charge in [0.05, 0.1) is 0 Å². The molecular weight excluding hydrogens is 372 g/mol. The van der Waals surface area contributed by atoms with E-state index >= 15 is 0 Å². The third-order valence-electron chi connectivity index (χ3n) is 5.40. The minimum Gasteiger partial charge on any atom is -0.426 e. The number of fused-ring (bicyclic) bond motifs is 3. The lowest BCUT2D eigenvalue weighted by molar-refractivity contribution is -0.131. The molecule has 1 aliphatic rings. The van der Waals surface area contributed by atoms with Crippen molar-refractivity contribution in [3.05, 3.63) is 113 Å². The largest absolute Gasteiger partial charge is 0.426 e. The summed E-state index contributed by atoms with van der Waals surface area (Å²) in [4.78, 5) is 24.8. The predicted molar refractivity (Wildman–Crippen MR) is 119 cm³/mol. The van der Waals surface area contributed by atoms with Crippen LogP contribution in [-0.2, 0) is 4.79 Å². The Balaban J connectivity index is 1.85. The van der Waals surface area contributed by atoms with Crippen LogP contribution >= 0.6 is 0 Å². The number of esters is 1. The van der Waals surface area contributed by atoms with E-state index < -0.39 is 0 Å². The Morgan fingerprint density at radius 3 is 1.93 bits per heavy atom. The van der Waals surface area contributed by atoms with Crippen molar-refractivity contribution in [3.63, 3.8) is 0 Å². The SMILES string of the molecule is CC(=O)Oc1ccc2ccccc2c1C=C1c2ccccc2C(=O)c2ccccc21. The summed E-state index contributed by atoms with van der Waals surface area (Å²) in [5, 5.41) is 2.03. The molecule has 0 fully saturated rings. The van der Waals surface area contributed by atoms with Gasteiger partial charge in [-0.2, -0.15) is 0 Å². The van der Waals surface area contributed by atoms with Crippen LogP contribution in [0.2, 0.25) is 0 Å². The van der Waals surface area contributed by atoms with E-state index in [-0.39, 0.29) is 11.8 Å². The van der Waals surface area contributed by atoms with Crippen LogP contribution in [0.4, 0.5) is 0 Å². The highest BCUT2D eigenvalue weighted by atomic mass is 16.5. The monoisotopic (exact) mass is 390 g/mol. The van der Waals surface area contributed by atoms with E-state index in [4.69, 9.17) is 4.74 Å². The summed E-state index contributed by atoms with van der Waals surface area (Å²) in [6, 6.07) is 27.0. The highest BCUT2D eigenvalue weighted by Gasteiger charge is 2.26. The molecule has 0 saturated heterocycles. The lowest BCUT2D eigenvalue weighted by Gasteiger charge is -2.22. The van der Waals surface area contributed by atoms with Gasteiger partial charge in [-0.05, 0) is 39.6 Å². The molecule has 0 amide bonds. The molecule has 0 atom stereocenters. The van der Waals surface area contributed by atoms with Crippen molar-refractivity contribution in [1.82, 2.24) is 0 Å². The molecule has 3 nitrogen and oxygen atoms in total. The van der Waals surface area contributed by atoms with Crippen LogP contribution in [0.15, 0.2) is 84.9 Å². The lowest BCUT2D eigenvalue weighted by atomic mass is 9.80. The molecule has 0 N–H and O–H groups in total. The zero-order valence-corrected chi connectivity index (χ0v) is 16.4. The van der Waals surface area contributed by atoms with Gasteiger partial charge in [0.15, 0.2) is 5.78 Å². The number of rotatable bonds is 2. The molecule has 30 heavy (non-hydrogen) atoms. The van der Waals surface area contributed by atoms with E-state index in [2.05, 4.69) is 0 Å². The van der Waals surface area contributed by atoms with Crippen molar-refractivity contribution in [2.45, 2.75) is 6.92 Å². The van der Waals surface area contributed by atoms with Gasteiger partial charge in [-0.15, -0.1) is 0 Å². The molecule has 4 aromatic carbocycles. The van der Waals surface area contributed by atoms with Gasteiger partial charge in [0, 0.05) is 23.6 Å². The van der Waals surface area contributed by atoms with E-state index in [1.165, 1.54) is 6.92 Å². The van der Waals surface area contributed by atoms with Crippen LogP contribution in [0, 0.1) is 0 Å². The molecular formula is C27H18O3. The van der Waals surface area contributed by atoms with E-state index in [1.54, 1.807) is 0 Å². The van der Waals surface area contributed by atoms with E-state index in [0.29, 0.717) is 16.9 Å². The number of ether oxygens (including phenoxy) is 1. The van der Waals surface area contributed by atoms with Crippen molar-refractivity contribution >= 4 is 34.2 Å². The summed E-state index contributed by atoms with van der Waals surface area (Å²) in [5.41, 5.74) is 4.86. The molecule has 4 aromatic rings. The summed E-state index contributed by atoms with van der Waals surface area (Å²) in [5.74, 6) is 0.154. The normalized spacial score (nSPS) is 12.3. The maximum atomic E-state index is 13.0. The third kappa shape index (κ3) is 2.92. The molecule has 0 heterocycles. The molecule has 0 saturated carbocycles. The van der Waals surface area contributed by atoms with Crippen molar-refractivity contribution < 1.29 is 14.3 Å². The van der Waals surface area contributed by atoms with Gasteiger partial charge in [0.25, 0.3) is 0 Å². The molecule has 0 bridgehead atoms. The topological polar surface area (TPSA) is 43.4 Å². The smallest absolute Gasteiger partial charge is 0.308 e. The molecule has 0 radical (unpaired) electrons. The zero-order chi connectivity index (χ0) is 20.7. The van der Waals surface area contributed by atoms with Gasteiger partial charge < -0.3 is 4.74 Å². The molecule has 0 aliphatic heterocycles. The van der Waals surface area contributed by atoms with Gasteiger partial charge in [-0.25, -0.2) is 0 Å². The highest BCUT2D eigenvalue weighted by molar-refractivity contribution is 6.20. The fourth-order valence-electron chi connectivity index (χ4n) is 4.09. The Morgan fingerprint density at radius 2 is 1.30 bits per heavy atom. The Hall–Kier alpha value is -3.98. The molecule has 5 rings (SSSR count). The average molecular weight is 390 g/mol. The number of hydrogen-bond acceptors (Lipinski definition) is 3. The first-order valence-corrected chi connectivity index (χ1v) is 9.79. The van der Waals surface area contributed by atoms with Crippen LogP contribution in [0.5, 0.6) is 5.75 Å². The lowest BCUT2D eigenvalue weighted by Crippen LogP contribution is -2.14. The highest BCUT2D eigenvalue weighted by Crippen LogP contribution is 2.39. The van der Waals surface area contributed by atoms with Gasteiger partial charge >= 0.3 is 5.97 Å². The van der Waals surface area contributed by atoms with E-state index in [9.17, 15) is 9.59 Å². The minimum absolute atomic E-state index is 0.0245. The summed E-state index contributed by atoms with van der Waals surface area (Å²) in [6.45, 7) is 1.40. The number of benzene rings is 4. The fraction of sp³-hybridized carbons (Fsp3) is 0.0370. The molecule has 0 aromatic heterocycles. The summed E-state index contributed by atoms with van der Waals surface area (Å²) < 4.78 is 5.54. The second kappa shape index (κ2) is 7.12. The summed E-state index contributed by atoms with van der Waals surface area (Å²) in [6.07, 6.45) is 2.03. The first kappa shape index (κ1) is 18.1. The average Bonchev–Trinajstić information content (AvgIpc) is 2.77. The second-order valence-electron chi connectivity index (χ2n) is 7.27. The Bertz CT molecular complexity index is 1310. The van der Waals surface area contributed by atoms with E-state index in [1.807, 2.05) is 91.0 Å². The minimum atomic E-state index is -0.371. The first-order valence-electron chi connectivity index (χ1n) is 9.79. The van der Waals surface area contributed by atoms with Gasteiger partial charge in [-0.3, -0.25) is 9.59 Å². The molecule has 0 spiro atoms. The summed E-state index contributed by atoms with van der Waals surface area (Å²) >= 11 is 0. The van der Waals surface area contributed by atoms with Crippen molar-refractivity contribution in [2.24, 2.45) is 0 Å². The first-order chi connectivity index (χ1) is 14.6. The van der Waals surface area contributed by atoms with Crippen molar-refractivity contribution in [3.8, 4) is 5.75 Å². The molecule has 1 aliphatic carbocycles. The van der Waals surface area contributed by atoms with Crippen LogP contribution in [0.1, 0.15) is 39.5 Å².